The Bertz CT molecular complexity index is 1140. The van der Waals surface area contributed by atoms with Crippen LogP contribution in [0.15, 0.2) is 59.5 Å². The maximum Gasteiger partial charge on any atom is 0.324 e. The molecule has 0 spiro atoms. The Balaban J connectivity index is 1.58. The van der Waals surface area contributed by atoms with E-state index in [-0.39, 0.29) is 23.6 Å². The number of ether oxygens (including phenoxy) is 2. The van der Waals surface area contributed by atoms with Crippen molar-refractivity contribution in [2.75, 3.05) is 39.4 Å². The first kappa shape index (κ1) is 29.8. The van der Waals surface area contributed by atoms with Gasteiger partial charge >= 0.3 is 5.97 Å². The molecule has 2 aromatic carbocycles. The molecule has 2 N–H and O–H groups in total. The number of hydrogen-bond acceptors (Lipinski definition) is 7. The summed E-state index contributed by atoms with van der Waals surface area (Å²) in [6, 6.07) is 14.8. The van der Waals surface area contributed by atoms with Crippen molar-refractivity contribution < 1.29 is 27.5 Å². The number of sulfonamides is 1. The lowest BCUT2D eigenvalue weighted by molar-refractivity contribution is -0.157. The molecule has 0 bridgehead atoms. The molecular weight excluding hydrogens is 506 g/mol. The zero-order chi connectivity index (χ0) is 27.6. The normalized spacial score (nSPS) is 15.6. The molecule has 3 rings (SSSR count). The minimum absolute atomic E-state index is 0.0169. The average molecular weight is 546 g/mol. The fourth-order valence-electron chi connectivity index (χ4n) is 4.03. The van der Waals surface area contributed by atoms with Crippen molar-refractivity contribution in [3.8, 4) is 11.1 Å². The first-order chi connectivity index (χ1) is 18.0. The first-order valence-electron chi connectivity index (χ1n) is 13.0. The monoisotopic (exact) mass is 545 g/mol. The third-order valence-electron chi connectivity index (χ3n) is 6.00. The molecule has 1 amide bonds. The van der Waals surface area contributed by atoms with E-state index >= 15 is 0 Å². The summed E-state index contributed by atoms with van der Waals surface area (Å²) < 4.78 is 39.5. The van der Waals surface area contributed by atoms with E-state index in [1.807, 2.05) is 30.3 Å². The predicted octanol–water partition coefficient (Wildman–Crippen LogP) is 2.96. The Hall–Kier alpha value is -2.79. The molecule has 0 radical (unpaired) electrons. The van der Waals surface area contributed by atoms with Gasteiger partial charge in [-0.25, -0.2) is 8.42 Å². The van der Waals surface area contributed by atoms with Crippen molar-refractivity contribution in [3.05, 3.63) is 54.6 Å². The second-order valence-electron chi connectivity index (χ2n) is 10.3. The van der Waals surface area contributed by atoms with Crippen LogP contribution in [0.5, 0.6) is 0 Å². The number of rotatable bonds is 12. The van der Waals surface area contributed by atoms with Crippen LogP contribution in [-0.4, -0.2) is 76.2 Å². The molecule has 2 aromatic rings. The van der Waals surface area contributed by atoms with E-state index in [4.69, 9.17) is 9.47 Å². The molecule has 0 aromatic heterocycles. The van der Waals surface area contributed by atoms with E-state index < -0.39 is 27.6 Å². The third-order valence-corrected chi connectivity index (χ3v) is 7.49. The number of morpholine rings is 1. The van der Waals surface area contributed by atoms with Gasteiger partial charge in [0.2, 0.25) is 15.9 Å². The molecule has 208 valence electrons. The number of carbonyl (C=O) groups is 2. The van der Waals surface area contributed by atoms with E-state index in [0.29, 0.717) is 6.54 Å². The van der Waals surface area contributed by atoms with Crippen LogP contribution in [0.4, 0.5) is 0 Å². The highest BCUT2D eigenvalue weighted by molar-refractivity contribution is 7.89. The Morgan fingerprint density at radius 3 is 2.26 bits per heavy atom. The molecule has 1 aliphatic rings. The lowest BCUT2D eigenvalue weighted by Crippen LogP contribution is -2.44. The zero-order valence-corrected chi connectivity index (χ0v) is 23.3. The van der Waals surface area contributed by atoms with E-state index in [9.17, 15) is 18.0 Å². The summed E-state index contributed by atoms with van der Waals surface area (Å²) in [4.78, 5) is 27.6. The fourth-order valence-corrected chi connectivity index (χ4v) is 5.25. The molecule has 1 saturated heterocycles. The van der Waals surface area contributed by atoms with Gasteiger partial charge in [0.05, 0.1) is 18.1 Å². The fraction of sp³-hybridized carbons (Fsp3) is 0.500. The van der Waals surface area contributed by atoms with Gasteiger partial charge in [-0.05, 0) is 63.4 Å². The number of esters is 1. The second-order valence-corrected chi connectivity index (χ2v) is 12.0. The Labute approximate surface area is 225 Å². The number of amides is 1. The Kier molecular flexibility index (Phi) is 10.8. The van der Waals surface area contributed by atoms with Crippen LogP contribution in [0, 0.1) is 0 Å². The molecule has 10 heteroatoms. The summed E-state index contributed by atoms with van der Waals surface area (Å²) in [7, 11) is -4.04. The molecule has 9 nitrogen and oxygen atoms in total. The average Bonchev–Trinajstić information content (AvgIpc) is 2.89. The topological polar surface area (TPSA) is 114 Å². The highest BCUT2D eigenvalue weighted by atomic mass is 32.2. The van der Waals surface area contributed by atoms with Gasteiger partial charge in [0.15, 0.2) is 0 Å². The lowest BCUT2D eigenvalue weighted by Gasteiger charge is -2.26. The molecule has 1 atom stereocenters. The maximum atomic E-state index is 13.1. The van der Waals surface area contributed by atoms with Gasteiger partial charge in [0.25, 0.3) is 0 Å². The Morgan fingerprint density at radius 1 is 1.00 bits per heavy atom. The van der Waals surface area contributed by atoms with Gasteiger partial charge < -0.3 is 14.8 Å². The standard InChI is InChI=1S/C28H39N3O6S/c1-28(2,3)37-27(33)25(14-15-26(32)29-16-7-17-31-18-20-36-21-19-31)30-38(34,35)24-12-10-23(11-13-24)22-8-5-4-6-9-22/h4-6,8-13,25,30H,7,14-21H2,1-3H3,(H,29,32)/t25-/m0/s1. The summed E-state index contributed by atoms with van der Waals surface area (Å²) in [6.07, 6.45) is 0.759. The molecular formula is C28H39N3O6S. The SMILES string of the molecule is CC(C)(C)OC(=O)[C@H](CCC(=O)NCCCN1CCOCC1)NS(=O)(=O)c1ccc(-c2ccccc2)cc1. The molecule has 0 unspecified atom stereocenters. The minimum atomic E-state index is -4.04. The van der Waals surface area contributed by atoms with Gasteiger partial charge in [-0.15, -0.1) is 0 Å². The quantitative estimate of drug-likeness (QED) is 0.311. The Morgan fingerprint density at radius 2 is 1.63 bits per heavy atom. The number of nitrogens with one attached hydrogen (secondary N) is 2. The summed E-state index contributed by atoms with van der Waals surface area (Å²) in [5, 5.41) is 2.85. The van der Waals surface area contributed by atoms with E-state index in [2.05, 4.69) is 14.9 Å². The highest BCUT2D eigenvalue weighted by Gasteiger charge is 2.30. The van der Waals surface area contributed by atoms with E-state index in [0.717, 1.165) is 50.4 Å². The molecule has 1 aliphatic heterocycles. The summed E-state index contributed by atoms with van der Waals surface area (Å²) in [5.41, 5.74) is 1.03. The lowest BCUT2D eigenvalue weighted by atomic mass is 10.1. The number of nitrogens with zero attached hydrogens (tertiary/aromatic N) is 1. The van der Waals surface area contributed by atoms with Crippen molar-refractivity contribution in [2.45, 2.75) is 56.6 Å². The number of hydrogen-bond donors (Lipinski definition) is 2. The van der Waals surface area contributed by atoms with E-state index in [1.165, 1.54) is 12.1 Å². The van der Waals surface area contributed by atoms with Crippen LogP contribution < -0.4 is 10.0 Å². The maximum absolute atomic E-state index is 13.1. The van der Waals surface area contributed by atoms with E-state index in [1.54, 1.807) is 32.9 Å². The van der Waals surface area contributed by atoms with Crippen LogP contribution in [0.3, 0.4) is 0 Å². The summed E-state index contributed by atoms with van der Waals surface area (Å²) in [5.74, 6) is -0.964. The molecule has 1 fully saturated rings. The second kappa shape index (κ2) is 13.8. The smallest absolute Gasteiger partial charge is 0.324 e. The molecule has 38 heavy (non-hydrogen) atoms. The van der Waals surface area contributed by atoms with Crippen molar-refractivity contribution in [2.24, 2.45) is 0 Å². The van der Waals surface area contributed by atoms with Crippen molar-refractivity contribution >= 4 is 21.9 Å². The van der Waals surface area contributed by atoms with Gasteiger partial charge in [0, 0.05) is 26.1 Å². The van der Waals surface area contributed by atoms with Gasteiger partial charge in [-0.3, -0.25) is 14.5 Å². The van der Waals surface area contributed by atoms with Crippen molar-refractivity contribution in [1.29, 1.82) is 0 Å². The molecule has 1 heterocycles. The van der Waals surface area contributed by atoms with Crippen molar-refractivity contribution in [3.63, 3.8) is 0 Å². The van der Waals surface area contributed by atoms with Gasteiger partial charge in [-0.2, -0.15) is 4.72 Å². The summed E-state index contributed by atoms with van der Waals surface area (Å²) in [6.45, 7) is 9.73. The first-order valence-corrected chi connectivity index (χ1v) is 14.5. The van der Waals surface area contributed by atoms with Gasteiger partial charge in [-0.1, -0.05) is 42.5 Å². The zero-order valence-electron chi connectivity index (χ0n) is 22.4. The number of carbonyl (C=O) groups excluding carboxylic acids is 2. The van der Waals surface area contributed by atoms with Gasteiger partial charge in [0.1, 0.15) is 11.6 Å². The third kappa shape index (κ3) is 9.83. The minimum Gasteiger partial charge on any atom is -0.459 e. The predicted molar refractivity (Wildman–Crippen MR) is 146 cm³/mol. The van der Waals surface area contributed by atoms with Crippen molar-refractivity contribution in [1.82, 2.24) is 14.9 Å². The van der Waals surface area contributed by atoms with Crippen LogP contribution in [0.1, 0.15) is 40.0 Å². The molecule has 0 aliphatic carbocycles. The van der Waals surface area contributed by atoms with Crippen LogP contribution in [-0.2, 0) is 29.1 Å². The number of benzene rings is 2. The molecule has 0 saturated carbocycles. The van der Waals surface area contributed by atoms with Crippen LogP contribution >= 0.6 is 0 Å². The summed E-state index contributed by atoms with van der Waals surface area (Å²) >= 11 is 0. The van der Waals surface area contributed by atoms with Crippen LogP contribution in [0.2, 0.25) is 0 Å². The largest absolute Gasteiger partial charge is 0.459 e. The highest BCUT2D eigenvalue weighted by Crippen LogP contribution is 2.21. The van der Waals surface area contributed by atoms with Crippen LogP contribution in [0.25, 0.3) is 11.1 Å².